The third-order valence-electron chi connectivity index (χ3n) is 7.80. The van der Waals surface area contributed by atoms with Crippen molar-refractivity contribution in [2.75, 3.05) is 27.3 Å². The summed E-state index contributed by atoms with van der Waals surface area (Å²) in [7, 11) is 3.75. The zero-order chi connectivity index (χ0) is 30.9. The Balaban J connectivity index is 1.94. The van der Waals surface area contributed by atoms with Gasteiger partial charge >= 0.3 is 5.97 Å². The molecule has 7 heteroatoms. The minimum absolute atomic E-state index is 0.0475. The minimum Gasteiger partial charge on any atom is -0.478 e. The maximum Gasteiger partial charge on any atom is 0.327 e. The molecular formula is C35H46N2O5. The molecule has 0 spiro atoms. The van der Waals surface area contributed by atoms with E-state index in [9.17, 15) is 14.7 Å². The van der Waals surface area contributed by atoms with E-state index in [0.29, 0.717) is 19.3 Å². The van der Waals surface area contributed by atoms with Crippen LogP contribution in [0, 0.1) is 0 Å². The number of carboxylic acid groups (broad SMARTS) is 1. The summed E-state index contributed by atoms with van der Waals surface area (Å²) in [4.78, 5) is 29.4. The molecule has 0 fully saturated rings. The molecule has 0 saturated carbocycles. The summed E-state index contributed by atoms with van der Waals surface area (Å²) < 4.78 is 5.93. The van der Waals surface area contributed by atoms with Crippen LogP contribution >= 0.6 is 0 Å². The third-order valence-corrected chi connectivity index (χ3v) is 7.80. The molecule has 0 aromatic heterocycles. The van der Waals surface area contributed by atoms with Crippen LogP contribution in [-0.2, 0) is 27.2 Å². The monoisotopic (exact) mass is 574 g/mol. The first kappa shape index (κ1) is 33.0. The molecule has 0 heterocycles. The van der Waals surface area contributed by atoms with Crippen LogP contribution in [0.25, 0.3) is 10.8 Å². The van der Waals surface area contributed by atoms with E-state index < -0.39 is 23.2 Å². The van der Waals surface area contributed by atoms with Crippen molar-refractivity contribution in [3.05, 3.63) is 96.1 Å². The van der Waals surface area contributed by atoms with Crippen LogP contribution < -0.4 is 0 Å². The number of aliphatic hydroxyl groups is 1. The molecule has 0 aliphatic carbocycles. The number of carbonyl (C=O) groups is 2. The van der Waals surface area contributed by atoms with Gasteiger partial charge in [-0.2, -0.15) is 0 Å². The van der Waals surface area contributed by atoms with E-state index in [0.717, 1.165) is 28.0 Å². The highest BCUT2D eigenvalue weighted by atomic mass is 16.5. The SMILES string of the molecule is CN(C(=O)[C@@H](Cc1ccc2ccccc2c1)N(C)C(C)(C)CC=CC(=O)O)[C@@H](COCC(C)(C)O)Cc1ccccc1. The number of likely N-dealkylation sites (N-methyl/N-ethyl adjacent to an activating group) is 2. The Morgan fingerprint density at radius 2 is 1.52 bits per heavy atom. The normalized spacial score (nSPS) is 13.9. The standard InChI is InChI=1S/C35H46N2O5/c1-34(2,20-12-17-32(38)39)37(6)31(23-27-18-19-28-15-10-11-16-29(28)21-27)33(40)36(5)30(24-42-25-35(3,4)41)22-26-13-8-7-9-14-26/h7-19,21,30-31,41H,20,22-25H2,1-6H3,(H,38,39)/t30-,31-/m1/s1. The van der Waals surface area contributed by atoms with Gasteiger partial charge in [-0.1, -0.05) is 78.9 Å². The third kappa shape index (κ3) is 9.79. The molecule has 0 aliphatic heterocycles. The first-order valence-corrected chi connectivity index (χ1v) is 14.5. The molecular weight excluding hydrogens is 528 g/mol. The van der Waals surface area contributed by atoms with E-state index >= 15 is 0 Å². The number of nitrogens with zero attached hydrogens (tertiary/aromatic N) is 2. The van der Waals surface area contributed by atoms with Crippen molar-refractivity contribution in [1.29, 1.82) is 0 Å². The van der Waals surface area contributed by atoms with Crippen LogP contribution in [0.1, 0.15) is 45.2 Å². The number of ether oxygens (including phenoxy) is 1. The molecule has 7 nitrogen and oxygen atoms in total. The van der Waals surface area contributed by atoms with Crippen LogP contribution in [0.2, 0.25) is 0 Å². The Labute approximate surface area is 250 Å². The van der Waals surface area contributed by atoms with Crippen LogP contribution in [-0.4, -0.2) is 82.4 Å². The van der Waals surface area contributed by atoms with Gasteiger partial charge in [-0.15, -0.1) is 0 Å². The summed E-state index contributed by atoms with van der Waals surface area (Å²) in [5.41, 5.74) is 0.650. The number of rotatable bonds is 15. The van der Waals surface area contributed by atoms with Gasteiger partial charge in [-0.25, -0.2) is 4.79 Å². The molecule has 0 aliphatic rings. The molecule has 3 rings (SSSR count). The lowest BCUT2D eigenvalue weighted by molar-refractivity contribution is -0.141. The number of benzene rings is 3. The van der Waals surface area contributed by atoms with Crippen molar-refractivity contribution < 1.29 is 24.5 Å². The molecule has 0 radical (unpaired) electrons. The lowest BCUT2D eigenvalue weighted by atomic mass is 9.92. The van der Waals surface area contributed by atoms with Crippen LogP contribution in [0.4, 0.5) is 0 Å². The zero-order valence-corrected chi connectivity index (χ0v) is 25.8. The highest BCUT2D eigenvalue weighted by molar-refractivity contribution is 5.85. The van der Waals surface area contributed by atoms with E-state index in [1.165, 1.54) is 0 Å². The largest absolute Gasteiger partial charge is 0.478 e. The Morgan fingerprint density at radius 3 is 2.17 bits per heavy atom. The molecule has 0 bridgehead atoms. The maximum atomic E-state index is 14.4. The van der Waals surface area contributed by atoms with Gasteiger partial charge in [0.15, 0.2) is 0 Å². The average Bonchev–Trinajstić information content (AvgIpc) is 2.93. The second-order valence-electron chi connectivity index (χ2n) is 12.4. The minimum atomic E-state index is -0.994. The number of carbonyl (C=O) groups excluding carboxylic acids is 1. The van der Waals surface area contributed by atoms with Gasteiger partial charge in [0.2, 0.25) is 5.91 Å². The highest BCUT2D eigenvalue weighted by Gasteiger charge is 2.36. The summed E-state index contributed by atoms with van der Waals surface area (Å²) in [6.07, 6.45) is 4.34. The van der Waals surface area contributed by atoms with Gasteiger partial charge in [-0.05, 0) is 75.9 Å². The van der Waals surface area contributed by atoms with Gasteiger partial charge in [0.1, 0.15) is 0 Å². The van der Waals surface area contributed by atoms with Crippen molar-refractivity contribution in [2.45, 2.75) is 70.2 Å². The predicted molar refractivity (Wildman–Crippen MR) is 168 cm³/mol. The van der Waals surface area contributed by atoms with E-state index in [1.54, 1.807) is 24.8 Å². The quantitative estimate of drug-likeness (QED) is 0.238. The fraction of sp³-hybridized carbons (Fsp3) is 0.429. The molecule has 1 amide bonds. The van der Waals surface area contributed by atoms with Crippen molar-refractivity contribution in [1.82, 2.24) is 9.80 Å². The van der Waals surface area contributed by atoms with Crippen LogP contribution in [0.5, 0.6) is 0 Å². The fourth-order valence-corrected chi connectivity index (χ4v) is 5.05. The molecule has 3 aromatic carbocycles. The van der Waals surface area contributed by atoms with E-state index in [1.807, 2.05) is 70.4 Å². The van der Waals surface area contributed by atoms with Gasteiger partial charge in [0.25, 0.3) is 0 Å². The number of carboxylic acids is 1. The summed E-state index contributed by atoms with van der Waals surface area (Å²) in [5.74, 6) is -1.04. The molecule has 2 N–H and O–H groups in total. The van der Waals surface area contributed by atoms with Crippen molar-refractivity contribution in [3.8, 4) is 0 Å². The zero-order valence-electron chi connectivity index (χ0n) is 25.8. The number of aliphatic carboxylic acids is 1. The molecule has 2 atom stereocenters. The Morgan fingerprint density at radius 1 is 0.881 bits per heavy atom. The average molecular weight is 575 g/mol. The molecule has 42 heavy (non-hydrogen) atoms. The molecule has 226 valence electrons. The Hall–Kier alpha value is -3.52. The van der Waals surface area contributed by atoms with Gasteiger partial charge in [0.05, 0.1) is 30.9 Å². The Kier molecular flexibility index (Phi) is 11.5. The predicted octanol–water partition coefficient (Wildman–Crippen LogP) is 5.35. The first-order valence-electron chi connectivity index (χ1n) is 14.5. The maximum absolute atomic E-state index is 14.4. The topological polar surface area (TPSA) is 90.3 Å². The van der Waals surface area contributed by atoms with Crippen LogP contribution in [0.3, 0.4) is 0 Å². The van der Waals surface area contributed by atoms with Crippen molar-refractivity contribution in [2.24, 2.45) is 0 Å². The number of hydrogen-bond donors (Lipinski definition) is 2. The van der Waals surface area contributed by atoms with E-state index in [-0.39, 0.29) is 25.2 Å². The van der Waals surface area contributed by atoms with Gasteiger partial charge in [0, 0.05) is 18.7 Å². The van der Waals surface area contributed by atoms with E-state index in [2.05, 4.69) is 35.2 Å². The molecule has 3 aromatic rings. The summed E-state index contributed by atoms with van der Waals surface area (Å²) in [6.45, 7) is 7.87. The van der Waals surface area contributed by atoms with E-state index in [4.69, 9.17) is 9.84 Å². The number of hydrogen-bond acceptors (Lipinski definition) is 5. The van der Waals surface area contributed by atoms with Crippen molar-refractivity contribution in [3.63, 3.8) is 0 Å². The van der Waals surface area contributed by atoms with Gasteiger partial charge in [-0.3, -0.25) is 9.69 Å². The fourth-order valence-electron chi connectivity index (χ4n) is 5.05. The number of amides is 1. The molecule has 0 unspecified atom stereocenters. The second kappa shape index (κ2) is 14.6. The van der Waals surface area contributed by atoms with Crippen LogP contribution in [0.15, 0.2) is 84.9 Å². The Bertz CT molecular complexity index is 1350. The molecule has 0 saturated heterocycles. The smallest absolute Gasteiger partial charge is 0.327 e. The number of fused-ring (bicyclic) bond motifs is 1. The summed E-state index contributed by atoms with van der Waals surface area (Å²) in [6, 6.07) is 23.7. The lowest BCUT2D eigenvalue weighted by Gasteiger charge is -2.42. The lowest BCUT2D eigenvalue weighted by Crippen LogP contribution is -2.57. The summed E-state index contributed by atoms with van der Waals surface area (Å²) in [5, 5.41) is 21.6. The van der Waals surface area contributed by atoms with Crippen molar-refractivity contribution >= 4 is 22.6 Å². The highest BCUT2D eigenvalue weighted by Crippen LogP contribution is 2.26. The first-order chi connectivity index (χ1) is 19.8. The second-order valence-corrected chi connectivity index (χ2v) is 12.4. The summed E-state index contributed by atoms with van der Waals surface area (Å²) >= 11 is 0. The van der Waals surface area contributed by atoms with Gasteiger partial charge < -0.3 is 19.8 Å².